The van der Waals surface area contributed by atoms with Gasteiger partial charge in [0.2, 0.25) is 0 Å². The summed E-state index contributed by atoms with van der Waals surface area (Å²) in [6.45, 7) is 9.31. The van der Waals surface area contributed by atoms with Crippen molar-refractivity contribution in [1.82, 2.24) is 0 Å². The first kappa shape index (κ1) is 13.9. The van der Waals surface area contributed by atoms with Crippen LogP contribution < -0.4 is 5.30 Å². The summed E-state index contributed by atoms with van der Waals surface area (Å²) in [5, 5.41) is 0.587. The highest BCUT2D eigenvalue weighted by Gasteiger charge is 2.28. The van der Waals surface area contributed by atoms with Gasteiger partial charge in [0, 0.05) is 0 Å². The summed E-state index contributed by atoms with van der Waals surface area (Å²) in [5.41, 5.74) is 0.879. The van der Waals surface area contributed by atoms with Gasteiger partial charge in [-0.1, -0.05) is 30.4 Å². The van der Waals surface area contributed by atoms with E-state index in [9.17, 15) is 4.57 Å². The van der Waals surface area contributed by atoms with Crippen molar-refractivity contribution in [2.45, 2.75) is 6.92 Å². The lowest BCUT2D eigenvalue weighted by Gasteiger charge is -2.18. The van der Waals surface area contributed by atoms with Gasteiger partial charge in [0.1, 0.15) is 0 Å². The van der Waals surface area contributed by atoms with Gasteiger partial charge in [-0.05, 0) is 18.6 Å². The van der Waals surface area contributed by atoms with E-state index in [1.165, 1.54) is 0 Å². The van der Waals surface area contributed by atoms with E-state index in [1.807, 2.05) is 25.1 Å². The molecule has 0 amide bonds. The monoisotopic (exact) mass is 252 g/mol. The van der Waals surface area contributed by atoms with E-state index < -0.39 is 7.60 Å². The first-order chi connectivity index (χ1) is 8.14. The van der Waals surface area contributed by atoms with Crippen molar-refractivity contribution < 1.29 is 13.6 Å². The fourth-order valence-electron chi connectivity index (χ4n) is 1.35. The standard InChI is InChI=1S/C13H17O3P/c1-4-10-15-17(14,16-11-5-2)13-9-7-6-8-12(13)3/h4-9H,1-2,10-11H2,3H3. The maximum atomic E-state index is 12.6. The summed E-state index contributed by atoms with van der Waals surface area (Å²) >= 11 is 0. The highest BCUT2D eigenvalue weighted by molar-refractivity contribution is 7.62. The molecule has 1 rings (SSSR count). The average molecular weight is 252 g/mol. The van der Waals surface area contributed by atoms with E-state index >= 15 is 0 Å². The molecule has 0 heterocycles. The summed E-state index contributed by atoms with van der Waals surface area (Å²) in [6, 6.07) is 7.31. The summed E-state index contributed by atoms with van der Waals surface area (Å²) in [4.78, 5) is 0. The van der Waals surface area contributed by atoms with Gasteiger partial charge in [0.05, 0.1) is 18.5 Å². The van der Waals surface area contributed by atoms with Crippen molar-refractivity contribution in [2.24, 2.45) is 0 Å². The van der Waals surface area contributed by atoms with Crippen LogP contribution in [0.5, 0.6) is 0 Å². The molecular weight excluding hydrogens is 235 g/mol. The van der Waals surface area contributed by atoms with Gasteiger partial charge in [-0.25, -0.2) is 0 Å². The van der Waals surface area contributed by atoms with E-state index in [-0.39, 0.29) is 13.2 Å². The van der Waals surface area contributed by atoms with E-state index in [2.05, 4.69) is 13.2 Å². The molecule has 1 aromatic carbocycles. The summed E-state index contributed by atoms with van der Waals surface area (Å²) in [7, 11) is -3.28. The molecule has 1 aromatic rings. The molecule has 0 N–H and O–H groups in total. The SMILES string of the molecule is C=CCOP(=O)(OCC=C)c1ccccc1C. The van der Waals surface area contributed by atoms with Crippen molar-refractivity contribution in [3.8, 4) is 0 Å². The van der Waals surface area contributed by atoms with Gasteiger partial charge in [-0.15, -0.1) is 13.2 Å². The summed E-state index contributed by atoms with van der Waals surface area (Å²) < 4.78 is 23.2. The van der Waals surface area contributed by atoms with E-state index in [1.54, 1.807) is 18.2 Å². The molecule has 0 aliphatic rings. The quantitative estimate of drug-likeness (QED) is 0.552. The average Bonchev–Trinajstić information content (AvgIpc) is 2.34. The van der Waals surface area contributed by atoms with Crippen LogP contribution in [0, 0.1) is 6.92 Å². The van der Waals surface area contributed by atoms with Gasteiger partial charge < -0.3 is 9.05 Å². The first-order valence-corrected chi connectivity index (χ1v) is 6.85. The van der Waals surface area contributed by atoms with Crippen LogP contribution in [-0.4, -0.2) is 13.2 Å². The minimum Gasteiger partial charge on any atom is -0.301 e. The van der Waals surface area contributed by atoms with Gasteiger partial charge in [0.15, 0.2) is 0 Å². The lowest BCUT2D eigenvalue weighted by atomic mass is 10.2. The smallest absolute Gasteiger partial charge is 0.301 e. The van der Waals surface area contributed by atoms with Crippen LogP contribution in [0.25, 0.3) is 0 Å². The normalized spacial score (nSPS) is 11.1. The highest BCUT2D eigenvalue weighted by atomic mass is 31.2. The van der Waals surface area contributed by atoms with Gasteiger partial charge in [0.25, 0.3) is 0 Å². The van der Waals surface area contributed by atoms with Gasteiger partial charge in [-0.3, -0.25) is 4.57 Å². The molecule has 0 radical (unpaired) electrons. The van der Waals surface area contributed by atoms with Crippen molar-refractivity contribution >= 4 is 12.9 Å². The molecule has 3 nitrogen and oxygen atoms in total. The number of hydrogen-bond acceptors (Lipinski definition) is 3. The maximum absolute atomic E-state index is 12.6. The maximum Gasteiger partial charge on any atom is 0.362 e. The van der Waals surface area contributed by atoms with Gasteiger partial charge >= 0.3 is 7.60 Å². The minimum atomic E-state index is -3.28. The van der Waals surface area contributed by atoms with Crippen LogP contribution in [0.4, 0.5) is 0 Å². The Labute approximate surface area is 102 Å². The summed E-state index contributed by atoms with van der Waals surface area (Å²) in [6.07, 6.45) is 3.09. The van der Waals surface area contributed by atoms with Crippen LogP contribution in [-0.2, 0) is 13.6 Å². The Balaban J connectivity index is 3.04. The molecule has 0 saturated heterocycles. The number of hydrogen-bond donors (Lipinski definition) is 0. The van der Waals surface area contributed by atoms with Crippen molar-refractivity contribution in [1.29, 1.82) is 0 Å². The molecule has 0 saturated carbocycles. The van der Waals surface area contributed by atoms with Crippen LogP contribution in [0.15, 0.2) is 49.6 Å². The Morgan fingerprint density at radius 1 is 1.18 bits per heavy atom. The number of rotatable bonds is 7. The molecule has 0 aromatic heterocycles. The topological polar surface area (TPSA) is 35.5 Å². The molecule has 4 heteroatoms. The molecule has 0 aliphatic carbocycles. The number of aryl methyl sites for hydroxylation is 1. The molecule has 92 valence electrons. The van der Waals surface area contributed by atoms with E-state index in [4.69, 9.17) is 9.05 Å². The molecule has 0 fully saturated rings. The molecule has 0 unspecified atom stereocenters. The van der Waals surface area contributed by atoms with Crippen LogP contribution >= 0.6 is 7.60 Å². The second-order valence-electron chi connectivity index (χ2n) is 3.45. The predicted molar refractivity (Wildman–Crippen MR) is 70.7 cm³/mol. The number of benzene rings is 1. The van der Waals surface area contributed by atoms with E-state index in [0.717, 1.165) is 5.56 Å². The molecular formula is C13H17O3P. The van der Waals surface area contributed by atoms with Crippen LogP contribution in [0.1, 0.15) is 5.56 Å². The van der Waals surface area contributed by atoms with Crippen molar-refractivity contribution in [2.75, 3.05) is 13.2 Å². The fraction of sp³-hybridized carbons (Fsp3) is 0.231. The second kappa shape index (κ2) is 6.55. The van der Waals surface area contributed by atoms with Crippen LogP contribution in [0.2, 0.25) is 0 Å². The molecule has 0 spiro atoms. The molecule has 17 heavy (non-hydrogen) atoms. The zero-order chi connectivity index (χ0) is 12.7. The van der Waals surface area contributed by atoms with E-state index in [0.29, 0.717) is 5.30 Å². The lowest BCUT2D eigenvalue weighted by molar-refractivity contribution is 0.247. The Bertz CT molecular complexity index is 424. The molecule has 0 bridgehead atoms. The lowest BCUT2D eigenvalue weighted by Crippen LogP contribution is -2.13. The third-order valence-corrected chi connectivity index (χ3v) is 4.21. The van der Waals surface area contributed by atoms with Crippen molar-refractivity contribution in [3.05, 3.63) is 55.1 Å². The Hall–Kier alpha value is -1.15. The Kier molecular flexibility index (Phi) is 5.36. The predicted octanol–water partition coefficient (Wildman–Crippen LogP) is 3.22. The van der Waals surface area contributed by atoms with Crippen molar-refractivity contribution in [3.63, 3.8) is 0 Å². The molecule has 0 atom stereocenters. The summed E-state index contributed by atoms with van der Waals surface area (Å²) in [5.74, 6) is 0. The van der Waals surface area contributed by atoms with Gasteiger partial charge in [-0.2, -0.15) is 0 Å². The zero-order valence-electron chi connectivity index (χ0n) is 9.96. The fourth-order valence-corrected chi connectivity index (χ4v) is 3.08. The third kappa shape index (κ3) is 3.67. The van der Waals surface area contributed by atoms with Crippen LogP contribution in [0.3, 0.4) is 0 Å². The highest BCUT2D eigenvalue weighted by Crippen LogP contribution is 2.47. The Morgan fingerprint density at radius 2 is 1.71 bits per heavy atom. The zero-order valence-corrected chi connectivity index (χ0v) is 10.9. The Morgan fingerprint density at radius 3 is 2.18 bits per heavy atom. The largest absolute Gasteiger partial charge is 0.362 e. The second-order valence-corrected chi connectivity index (χ2v) is 5.45. The first-order valence-electron chi connectivity index (χ1n) is 5.31. The third-order valence-electron chi connectivity index (χ3n) is 2.14. The minimum absolute atomic E-state index is 0.183. The molecule has 0 aliphatic heterocycles.